The first-order valence-electron chi connectivity index (χ1n) is 7.64. The number of rotatable bonds is 4. The largest absolute Gasteiger partial charge is 0.247 e. The van der Waals surface area contributed by atoms with E-state index in [4.69, 9.17) is 0 Å². The number of benzene rings is 3. The van der Waals surface area contributed by atoms with Crippen LogP contribution in [-0.2, 0) is 10.8 Å². The number of halogens is 1. The molecule has 3 heteroatoms. The molecule has 1 nitrogen and oxygen atoms in total. The van der Waals surface area contributed by atoms with E-state index in [2.05, 4.69) is 0 Å². The molecule has 1 atom stereocenters. The molecule has 3 rings (SSSR count). The summed E-state index contributed by atoms with van der Waals surface area (Å²) in [6, 6.07) is 24.5. The Hall–Kier alpha value is -2.52. The molecule has 0 aliphatic carbocycles. The van der Waals surface area contributed by atoms with Crippen molar-refractivity contribution in [1.29, 1.82) is 0 Å². The van der Waals surface area contributed by atoms with Crippen molar-refractivity contribution in [3.8, 4) is 11.1 Å². The summed E-state index contributed by atoms with van der Waals surface area (Å²) < 4.78 is 26.5. The summed E-state index contributed by atoms with van der Waals surface area (Å²) in [4.78, 5) is 0.468. The van der Waals surface area contributed by atoms with Gasteiger partial charge in [-0.05, 0) is 41.8 Å². The van der Waals surface area contributed by atoms with E-state index in [0.717, 1.165) is 16.7 Å². The van der Waals surface area contributed by atoms with Crippen LogP contribution in [0.2, 0.25) is 0 Å². The Labute approximate surface area is 143 Å². The van der Waals surface area contributed by atoms with Gasteiger partial charge >= 0.3 is 0 Å². The van der Waals surface area contributed by atoms with Crippen molar-refractivity contribution in [2.75, 3.05) is 0 Å². The molecular formula is C21H17FOS. The van der Waals surface area contributed by atoms with Gasteiger partial charge in [0.05, 0.1) is 0 Å². The van der Waals surface area contributed by atoms with E-state index in [-0.39, 0.29) is 0 Å². The van der Waals surface area contributed by atoms with Crippen LogP contribution in [0.5, 0.6) is 0 Å². The van der Waals surface area contributed by atoms with Crippen molar-refractivity contribution < 1.29 is 8.60 Å². The minimum absolute atomic E-state index is 0.468. The summed E-state index contributed by atoms with van der Waals surface area (Å²) >= 11 is 0. The Bertz CT molecular complexity index is 866. The van der Waals surface area contributed by atoms with Crippen molar-refractivity contribution in [1.82, 2.24) is 0 Å². The normalized spacial score (nSPS) is 12.8. The van der Waals surface area contributed by atoms with Crippen LogP contribution in [-0.4, -0.2) is 4.21 Å². The molecule has 0 radical (unpaired) electrons. The van der Waals surface area contributed by atoms with Crippen LogP contribution in [0.25, 0.3) is 17.2 Å². The van der Waals surface area contributed by atoms with Crippen LogP contribution >= 0.6 is 0 Å². The van der Waals surface area contributed by atoms with Gasteiger partial charge in [-0.1, -0.05) is 72.3 Å². The minimum Gasteiger partial charge on any atom is -0.247 e. The Morgan fingerprint density at radius 3 is 2.04 bits per heavy atom. The van der Waals surface area contributed by atoms with E-state index >= 15 is 0 Å². The molecule has 3 aromatic rings. The lowest BCUT2D eigenvalue weighted by Crippen LogP contribution is -1.92. The Morgan fingerprint density at radius 1 is 0.833 bits per heavy atom. The zero-order valence-corrected chi connectivity index (χ0v) is 14.1. The average molecular weight is 336 g/mol. The summed E-state index contributed by atoms with van der Waals surface area (Å²) in [5.41, 5.74) is 3.91. The van der Waals surface area contributed by atoms with Crippen molar-refractivity contribution in [2.24, 2.45) is 0 Å². The fourth-order valence-corrected chi connectivity index (χ4v) is 3.21. The monoisotopic (exact) mass is 336 g/mol. The van der Waals surface area contributed by atoms with Crippen LogP contribution in [0, 0.1) is 6.92 Å². The third kappa shape index (κ3) is 3.87. The van der Waals surface area contributed by atoms with Gasteiger partial charge in [-0.2, -0.15) is 4.39 Å². The van der Waals surface area contributed by atoms with E-state index < -0.39 is 16.0 Å². The molecule has 0 N–H and O–H groups in total. The third-order valence-corrected chi connectivity index (χ3v) is 4.88. The molecule has 120 valence electrons. The molecule has 0 fully saturated rings. The van der Waals surface area contributed by atoms with Crippen LogP contribution < -0.4 is 0 Å². The highest BCUT2D eigenvalue weighted by molar-refractivity contribution is 7.89. The smallest absolute Gasteiger partial charge is 0.192 e. The van der Waals surface area contributed by atoms with Crippen LogP contribution in [0.3, 0.4) is 0 Å². The van der Waals surface area contributed by atoms with Crippen molar-refractivity contribution in [3.63, 3.8) is 0 Å². The summed E-state index contributed by atoms with van der Waals surface area (Å²) in [6.07, 6.45) is 1.32. The molecular weight excluding hydrogens is 319 g/mol. The van der Waals surface area contributed by atoms with E-state index in [1.807, 2.05) is 73.7 Å². The quantitative estimate of drug-likeness (QED) is 0.594. The summed E-state index contributed by atoms with van der Waals surface area (Å²) in [5, 5.41) is -0.647. The van der Waals surface area contributed by atoms with Crippen LogP contribution in [0.1, 0.15) is 11.1 Å². The first-order chi connectivity index (χ1) is 11.6. The molecule has 0 aliphatic heterocycles. The molecule has 0 saturated carbocycles. The third-order valence-electron chi connectivity index (χ3n) is 3.71. The molecule has 0 amide bonds. The van der Waals surface area contributed by atoms with Gasteiger partial charge in [-0.25, -0.2) is 4.21 Å². The highest BCUT2D eigenvalue weighted by atomic mass is 32.2. The van der Waals surface area contributed by atoms with Gasteiger partial charge in [-0.15, -0.1) is 0 Å². The predicted molar refractivity (Wildman–Crippen MR) is 98.6 cm³/mol. The molecule has 0 spiro atoms. The lowest BCUT2D eigenvalue weighted by atomic mass is 10.0. The average Bonchev–Trinajstić information content (AvgIpc) is 2.63. The van der Waals surface area contributed by atoms with Gasteiger partial charge < -0.3 is 0 Å². The van der Waals surface area contributed by atoms with E-state index in [9.17, 15) is 8.60 Å². The first-order valence-corrected chi connectivity index (χ1v) is 8.79. The topological polar surface area (TPSA) is 17.1 Å². The molecule has 3 aromatic carbocycles. The summed E-state index contributed by atoms with van der Waals surface area (Å²) in [7, 11) is -1.78. The maximum atomic E-state index is 14.3. The fourth-order valence-electron chi connectivity index (χ4n) is 2.36. The maximum absolute atomic E-state index is 14.3. The molecule has 0 aliphatic rings. The molecule has 0 heterocycles. The summed E-state index contributed by atoms with van der Waals surface area (Å²) in [6.45, 7) is 1.94. The molecule has 0 bridgehead atoms. The molecule has 24 heavy (non-hydrogen) atoms. The lowest BCUT2D eigenvalue weighted by molar-refractivity contribution is 0.653. The molecule has 0 saturated heterocycles. The second kappa shape index (κ2) is 7.37. The minimum atomic E-state index is -1.78. The number of hydrogen-bond donors (Lipinski definition) is 0. The van der Waals surface area contributed by atoms with Crippen molar-refractivity contribution in [2.45, 2.75) is 11.8 Å². The second-order valence-electron chi connectivity index (χ2n) is 5.52. The second-order valence-corrected chi connectivity index (χ2v) is 6.92. The Kier molecular flexibility index (Phi) is 5.02. The van der Waals surface area contributed by atoms with E-state index in [1.54, 1.807) is 12.1 Å². The highest BCUT2D eigenvalue weighted by Crippen LogP contribution is 2.22. The zero-order chi connectivity index (χ0) is 16.9. The predicted octanol–water partition coefficient (Wildman–Crippen LogP) is 5.74. The van der Waals surface area contributed by atoms with Crippen molar-refractivity contribution in [3.05, 3.63) is 95.1 Å². The van der Waals surface area contributed by atoms with Gasteiger partial charge in [0, 0.05) is 4.90 Å². The van der Waals surface area contributed by atoms with Gasteiger partial charge in [0.25, 0.3) is 0 Å². The molecule has 0 unspecified atom stereocenters. The van der Waals surface area contributed by atoms with E-state index in [0.29, 0.717) is 10.5 Å². The van der Waals surface area contributed by atoms with Gasteiger partial charge in [0.1, 0.15) is 10.8 Å². The highest BCUT2D eigenvalue weighted by Gasteiger charge is 2.10. The summed E-state index contributed by atoms with van der Waals surface area (Å²) in [5.74, 6) is 0. The molecule has 0 aromatic heterocycles. The Balaban J connectivity index is 1.80. The standard InChI is InChI=1S/C21H17FOS/c1-16-7-13-20(14-8-16)24(23)21(22)15-17-9-11-19(12-10-17)18-5-3-2-4-6-18/h2-15H,1H3/b21-15+/t24-/m0/s1. The number of hydrogen-bond acceptors (Lipinski definition) is 1. The van der Waals surface area contributed by atoms with Crippen molar-refractivity contribution >= 4 is 16.9 Å². The number of aryl methyl sites for hydroxylation is 1. The SMILES string of the molecule is Cc1ccc([S@](=O)/C(F)=C/c2ccc(-c3ccccc3)cc2)cc1. The lowest BCUT2D eigenvalue weighted by Gasteiger charge is -2.03. The van der Waals surface area contributed by atoms with Gasteiger partial charge in [-0.3, -0.25) is 0 Å². The van der Waals surface area contributed by atoms with Gasteiger partial charge in [0.15, 0.2) is 5.16 Å². The van der Waals surface area contributed by atoms with Gasteiger partial charge in [0.2, 0.25) is 0 Å². The zero-order valence-electron chi connectivity index (χ0n) is 13.3. The first kappa shape index (κ1) is 16.3. The fraction of sp³-hybridized carbons (Fsp3) is 0.0476. The maximum Gasteiger partial charge on any atom is 0.192 e. The van der Waals surface area contributed by atoms with Crippen LogP contribution in [0.15, 0.2) is 88.9 Å². The van der Waals surface area contributed by atoms with E-state index in [1.165, 1.54) is 6.08 Å². The Morgan fingerprint density at radius 2 is 1.42 bits per heavy atom. The van der Waals surface area contributed by atoms with Crippen LogP contribution in [0.4, 0.5) is 4.39 Å².